The van der Waals surface area contributed by atoms with Crippen molar-refractivity contribution in [1.82, 2.24) is 5.32 Å². The van der Waals surface area contributed by atoms with Gasteiger partial charge in [-0.3, -0.25) is 4.79 Å². The average Bonchev–Trinajstić information content (AvgIpc) is 2.64. The Bertz CT molecular complexity index is 631. The molecule has 0 saturated heterocycles. The predicted molar refractivity (Wildman–Crippen MR) is 106 cm³/mol. The molecule has 0 radical (unpaired) electrons. The SMILES string of the molecule is C=C(OCCOC)C(C)CC(C)(CC)C(=O)NCCc1ccc(O)c(O)c1. The van der Waals surface area contributed by atoms with E-state index >= 15 is 0 Å². The lowest BCUT2D eigenvalue weighted by Gasteiger charge is -2.30. The van der Waals surface area contributed by atoms with E-state index in [0.717, 1.165) is 5.56 Å². The van der Waals surface area contributed by atoms with Crippen molar-refractivity contribution in [3.05, 3.63) is 36.1 Å². The zero-order valence-corrected chi connectivity index (χ0v) is 16.9. The molecule has 3 N–H and O–H groups in total. The summed E-state index contributed by atoms with van der Waals surface area (Å²) in [6.07, 6.45) is 1.91. The van der Waals surface area contributed by atoms with E-state index in [9.17, 15) is 15.0 Å². The molecule has 0 bridgehead atoms. The zero-order chi connectivity index (χ0) is 20.4. The highest BCUT2D eigenvalue weighted by Gasteiger charge is 2.33. The molecule has 0 saturated carbocycles. The van der Waals surface area contributed by atoms with Crippen LogP contribution in [0.2, 0.25) is 0 Å². The molecule has 1 aromatic rings. The van der Waals surface area contributed by atoms with Gasteiger partial charge in [-0.2, -0.15) is 0 Å². The minimum absolute atomic E-state index is 0.00968. The average molecular weight is 379 g/mol. The summed E-state index contributed by atoms with van der Waals surface area (Å²) in [6.45, 7) is 11.3. The number of benzene rings is 1. The molecule has 6 heteroatoms. The lowest BCUT2D eigenvalue weighted by molar-refractivity contribution is -0.131. The molecule has 27 heavy (non-hydrogen) atoms. The van der Waals surface area contributed by atoms with Crippen LogP contribution in [-0.4, -0.2) is 43.0 Å². The third-order valence-electron chi connectivity index (χ3n) is 4.95. The number of phenolic OH excluding ortho intramolecular Hbond substituents is 2. The molecule has 1 aromatic carbocycles. The number of allylic oxidation sites excluding steroid dienone is 1. The summed E-state index contributed by atoms with van der Waals surface area (Å²) >= 11 is 0. The van der Waals surface area contributed by atoms with Crippen LogP contribution in [-0.2, 0) is 20.7 Å². The summed E-state index contributed by atoms with van der Waals surface area (Å²) in [5, 5.41) is 21.9. The number of hydrogen-bond donors (Lipinski definition) is 3. The Balaban J connectivity index is 2.55. The van der Waals surface area contributed by atoms with Gasteiger partial charge in [-0.1, -0.05) is 33.4 Å². The second-order valence-corrected chi connectivity index (χ2v) is 7.16. The molecule has 2 atom stereocenters. The summed E-state index contributed by atoms with van der Waals surface area (Å²) in [6, 6.07) is 4.67. The van der Waals surface area contributed by atoms with Gasteiger partial charge >= 0.3 is 0 Å². The van der Waals surface area contributed by atoms with Crippen molar-refractivity contribution >= 4 is 5.91 Å². The van der Waals surface area contributed by atoms with Crippen molar-refractivity contribution in [2.75, 3.05) is 26.9 Å². The number of rotatable bonds is 12. The van der Waals surface area contributed by atoms with E-state index in [4.69, 9.17) is 9.47 Å². The van der Waals surface area contributed by atoms with Crippen LogP contribution in [0.25, 0.3) is 0 Å². The van der Waals surface area contributed by atoms with E-state index in [-0.39, 0.29) is 23.3 Å². The molecule has 2 unspecified atom stereocenters. The predicted octanol–water partition coefficient (Wildman–Crippen LogP) is 3.38. The van der Waals surface area contributed by atoms with Crippen LogP contribution in [0, 0.1) is 11.3 Å². The molecule has 1 rings (SSSR count). The number of aromatic hydroxyl groups is 2. The van der Waals surface area contributed by atoms with E-state index < -0.39 is 5.41 Å². The van der Waals surface area contributed by atoms with Crippen LogP contribution in [0.1, 0.15) is 39.2 Å². The monoisotopic (exact) mass is 379 g/mol. The number of hydrogen-bond acceptors (Lipinski definition) is 5. The molecule has 1 amide bonds. The van der Waals surface area contributed by atoms with Gasteiger partial charge in [0, 0.05) is 25.0 Å². The fourth-order valence-corrected chi connectivity index (χ4v) is 2.84. The number of phenols is 2. The summed E-state index contributed by atoms with van der Waals surface area (Å²) in [4.78, 5) is 12.7. The maximum absolute atomic E-state index is 12.7. The first kappa shape index (κ1) is 22.8. The standard InChI is InChI=1S/C21H33NO5/c1-6-21(4,14-15(2)16(3)27-12-11-26-5)20(25)22-10-9-17-7-8-18(23)19(24)13-17/h7-8,13,15,23-24H,3,6,9-12,14H2,1-2,4-5H3,(H,22,25). The van der Waals surface area contributed by atoms with Gasteiger partial charge in [-0.15, -0.1) is 0 Å². The molecule has 0 aromatic heterocycles. The zero-order valence-electron chi connectivity index (χ0n) is 16.9. The number of methoxy groups -OCH3 is 1. The highest BCUT2D eigenvalue weighted by molar-refractivity contribution is 5.82. The quantitative estimate of drug-likeness (QED) is 0.294. The van der Waals surface area contributed by atoms with Crippen LogP contribution in [0.4, 0.5) is 0 Å². The number of ether oxygens (including phenoxy) is 2. The Morgan fingerprint density at radius 1 is 1.30 bits per heavy atom. The number of carbonyl (C=O) groups is 1. The molecule has 0 heterocycles. The van der Waals surface area contributed by atoms with Crippen LogP contribution in [0.15, 0.2) is 30.5 Å². The Labute approximate surface area is 162 Å². The van der Waals surface area contributed by atoms with E-state index in [2.05, 4.69) is 11.9 Å². The van der Waals surface area contributed by atoms with Gasteiger partial charge in [-0.05, 0) is 37.0 Å². The number of carbonyl (C=O) groups excluding carboxylic acids is 1. The molecular weight excluding hydrogens is 346 g/mol. The van der Waals surface area contributed by atoms with Gasteiger partial charge in [0.2, 0.25) is 5.91 Å². The molecule has 0 aliphatic carbocycles. The van der Waals surface area contributed by atoms with E-state index in [1.54, 1.807) is 13.2 Å². The van der Waals surface area contributed by atoms with Gasteiger partial charge in [-0.25, -0.2) is 0 Å². The second-order valence-electron chi connectivity index (χ2n) is 7.16. The molecule has 0 fully saturated rings. The van der Waals surface area contributed by atoms with Crippen molar-refractivity contribution < 1.29 is 24.5 Å². The molecule has 0 aliphatic rings. The van der Waals surface area contributed by atoms with Gasteiger partial charge < -0.3 is 25.0 Å². The Morgan fingerprint density at radius 2 is 2.00 bits per heavy atom. The van der Waals surface area contributed by atoms with Crippen molar-refractivity contribution in [2.24, 2.45) is 11.3 Å². The maximum Gasteiger partial charge on any atom is 0.225 e. The van der Waals surface area contributed by atoms with Crippen LogP contribution in [0.5, 0.6) is 11.5 Å². The van der Waals surface area contributed by atoms with E-state index in [0.29, 0.717) is 44.8 Å². The van der Waals surface area contributed by atoms with Gasteiger partial charge in [0.05, 0.1) is 12.4 Å². The topological polar surface area (TPSA) is 88.0 Å². The molecular formula is C21H33NO5. The minimum atomic E-state index is -0.524. The lowest BCUT2D eigenvalue weighted by atomic mass is 9.78. The third-order valence-corrected chi connectivity index (χ3v) is 4.95. The summed E-state index contributed by atoms with van der Waals surface area (Å²) in [5.74, 6) is 0.400. The first-order chi connectivity index (χ1) is 12.7. The van der Waals surface area contributed by atoms with Crippen LogP contribution >= 0.6 is 0 Å². The summed E-state index contributed by atoms with van der Waals surface area (Å²) in [7, 11) is 1.62. The summed E-state index contributed by atoms with van der Waals surface area (Å²) in [5.41, 5.74) is 0.321. The van der Waals surface area contributed by atoms with Crippen molar-refractivity contribution in [3.8, 4) is 11.5 Å². The normalized spacial score (nSPS) is 14.2. The smallest absolute Gasteiger partial charge is 0.225 e. The fraction of sp³-hybridized carbons (Fsp3) is 0.571. The Kier molecular flexibility index (Phi) is 9.15. The second kappa shape index (κ2) is 10.8. The highest BCUT2D eigenvalue weighted by Crippen LogP contribution is 2.33. The van der Waals surface area contributed by atoms with E-state index in [1.165, 1.54) is 12.1 Å². The molecule has 0 aliphatic heterocycles. The van der Waals surface area contributed by atoms with Crippen molar-refractivity contribution in [1.29, 1.82) is 0 Å². The van der Waals surface area contributed by atoms with Crippen molar-refractivity contribution in [2.45, 2.75) is 40.0 Å². The fourth-order valence-electron chi connectivity index (χ4n) is 2.84. The van der Waals surface area contributed by atoms with Crippen LogP contribution in [0.3, 0.4) is 0 Å². The van der Waals surface area contributed by atoms with Gasteiger partial charge in [0.15, 0.2) is 11.5 Å². The molecule has 152 valence electrons. The largest absolute Gasteiger partial charge is 0.504 e. The Morgan fingerprint density at radius 3 is 2.59 bits per heavy atom. The Hall–Kier alpha value is -2.21. The molecule has 6 nitrogen and oxygen atoms in total. The molecule has 0 spiro atoms. The van der Waals surface area contributed by atoms with Gasteiger partial charge in [0.25, 0.3) is 0 Å². The highest BCUT2D eigenvalue weighted by atomic mass is 16.5. The van der Waals surface area contributed by atoms with Crippen LogP contribution < -0.4 is 5.32 Å². The van der Waals surface area contributed by atoms with E-state index in [1.807, 2.05) is 20.8 Å². The first-order valence-electron chi connectivity index (χ1n) is 9.33. The third kappa shape index (κ3) is 7.13. The first-order valence-corrected chi connectivity index (χ1v) is 9.33. The number of amides is 1. The summed E-state index contributed by atoms with van der Waals surface area (Å²) < 4.78 is 10.5. The maximum atomic E-state index is 12.7. The lowest BCUT2D eigenvalue weighted by Crippen LogP contribution is -2.40. The number of nitrogens with one attached hydrogen (secondary N) is 1. The van der Waals surface area contributed by atoms with Gasteiger partial charge in [0.1, 0.15) is 6.61 Å². The van der Waals surface area contributed by atoms with Crippen molar-refractivity contribution in [3.63, 3.8) is 0 Å². The minimum Gasteiger partial charge on any atom is -0.504 e.